The van der Waals surface area contributed by atoms with E-state index in [1.165, 1.54) is 32.4 Å². The molecular weight excluding hydrogens is 529 g/mol. The Balaban J connectivity index is 1.92. The Hall–Kier alpha value is -1.91. The summed E-state index contributed by atoms with van der Waals surface area (Å²) in [4.78, 5) is 18.6. The third-order valence-electron chi connectivity index (χ3n) is 7.24. The van der Waals surface area contributed by atoms with Crippen LogP contribution in [-0.2, 0) is 16.6 Å². The summed E-state index contributed by atoms with van der Waals surface area (Å²) in [6, 6.07) is 4.39. The molecule has 0 amide bonds. The minimum Gasteiger partial charge on any atom is -0.506 e. The Morgan fingerprint density at radius 2 is 1.50 bits per heavy atom. The van der Waals surface area contributed by atoms with Gasteiger partial charge < -0.3 is 5.11 Å². The van der Waals surface area contributed by atoms with Crippen LogP contribution in [0.15, 0.2) is 62.6 Å². The van der Waals surface area contributed by atoms with E-state index in [9.17, 15) is 9.90 Å². The Labute approximate surface area is 252 Å². The van der Waals surface area contributed by atoms with Gasteiger partial charge in [0.15, 0.2) is 0 Å². The molecule has 1 aliphatic carbocycles. The summed E-state index contributed by atoms with van der Waals surface area (Å²) in [5, 5.41) is 11.0. The number of carbonyl (C=O) groups is 1. The van der Waals surface area contributed by atoms with Crippen molar-refractivity contribution in [1.82, 2.24) is 0 Å². The summed E-state index contributed by atoms with van der Waals surface area (Å²) in [6.45, 7) is 22.5. The number of aryl methyl sites for hydroxylation is 1. The van der Waals surface area contributed by atoms with Crippen molar-refractivity contribution in [1.29, 1.82) is 0 Å². The fraction of sp³-hybridized carbons (Fsp3) is 0.556. The average Bonchev–Trinajstić information content (AvgIpc) is 2.84. The Bertz CT molecular complexity index is 1250. The van der Waals surface area contributed by atoms with Gasteiger partial charge in [0.2, 0.25) is 26.9 Å². The van der Waals surface area contributed by atoms with Gasteiger partial charge in [-0.15, -0.1) is 0 Å². The SMILES string of the molecule is CC(C)CCCC1=CC(=CC2=C(O)C(=Cc3cc(CCCC(C)C)[s+]c(C(C)(C)C)c3)C2=O)C=C(C(C)(C)C)S1. The van der Waals surface area contributed by atoms with E-state index >= 15 is 0 Å². The van der Waals surface area contributed by atoms with Crippen LogP contribution in [0.3, 0.4) is 0 Å². The molecule has 1 aromatic rings. The van der Waals surface area contributed by atoms with E-state index in [4.69, 9.17) is 0 Å². The first kappa shape index (κ1) is 32.6. The lowest BCUT2D eigenvalue weighted by molar-refractivity contribution is -0.113. The van der Waals surface area contributed by atoms with Crippen LogP contribution in [0.25, 0.3) is 6.08 Å². The molecule has 0 fully saturated rings. The van der Waals surface area contributed by atoms with Gasteiger partial charge in [-0.05, 0) is 81.8 Å². The number of rotatable bonds is 10. The molecule has 0 bridgehead atoms. The van der Waals surface area contributed by atoms with Gasteiger partial charge in [0, 0.05) is 24.0 Å². The Kier molecular flexibility index (Phi) is 10.9. The number of aliphatic hydroxyl groups is 1. The van der Waals surface area contributed by atoms with E-state index < -0.39 is 0 Å². The molecule has 1 aromatic heterocycles. The fourth-order valence-corrected chi connectivity index (χ4v) is 7.17. The van der Waals surface area contributed by atoms with Gasteiger partial charge in [-0.25, -0.2) is 0 Å². The molecule has 0 aromatic carbocycles. The molecule has 0 radical (unpaired) electrons. The number of ketones is 1. The molecule has 0 atom stereocenters. The molecule has 0 spiro atoms. The molecule has 2 aliphatic rings. The van der Waals surface area contributed by atoms with Crippen LogP contribution in [-0.4, -0.2) is 10.9 Å². The third-order valence-corrected chi connectivity index (χ3v) is 10.3. The highest BCUT2D eigenvalue weighted by atomic mass is 32.2. The molecule has 0 saturated carbocycles. The zero-order valence-electron chi connectivity index (χ0n) is 26.5. The monoisotopic (exact) mass is 579 g/mol. The normalized spacial score (nSPS) is 18.6. The Morgan fingerprint density at radius 3 is 2.05 bits per heavy atom. The quantitative estimate of drug-likeness (QED) is 0.221. The second kappa shape index (κ2) is 13.4. The van der Waals surface area contributed by atoms with Gasteiger partial charge in [0.1, 0.15) is 5.76 Å². The minimum atomic E-state index is -0.0742. The summed E-state index contributed by atoms with van der Waals surface area (Å²) in [7, 11) is 0. The number of hydrogen-bond donors (Lipinski definition) is 1. The molecule has 218 valence electrons. The maximum absolute atomic E-state index is 13.3. The molecule has 1 aliphatic heterocycles. The molecule has 1 N–H and O–H groups in total. The summed E-state index contributed by atoms with van der Waals surface area (Å²) in [5.74, 6) is 1.43. The predicted molar refractivity (Wildman–Crippen MR) is 178 cm³/mol. The standard InChI is InChI=1S/C36H50O2S2/c1-23(2)13-11-15-27-17-25(21-31(39-27)35(5,6)7)19-29-33(37)30(34(29)38)20-26-18-28(16-12-14-24(3)4)40-32(22-26)36(8,9)10/h17-24H,11-16H2,1-10H3/p+1. The zero-order chi connectivity index (χ0) is 29.8. The highest BCUT2D eigenvalue weighted by Crippen LogP contribution is 2.45. The van der Waals surface area contributed by atoms with Crippen LogP contribution in [0, 0.1) is 17.3 Å². The van der Waals surface area contributed by atoms with Crippen LogP contribution in [0.1, 0.15) is 117 Å². The summed E-state index contributed by atoms with van der Waals surface area (Å²) < 4.78 is 0. The van der Waals surface area contributed by atoms with Gasteiger partial charge in [0.05, 0.1) is 11.1 Å². The van der Waals surface area contributed by atoms with Crippen molar-refractivity contribution in [3.8, 4) is 0 Å². The molecule has 4 heteroatoms. The molecule has 0 unspecified atom stereocenters. The van der Waals surface area contributed by atoms with Crippen molar-refractivity contribution in [2.24, 2.45) is 17.3 Å². The van der Waals surface area contributed by atoms with Crippen LogP contribution in [0.2, 0.25) is 0 Å². The van der Waals surface area contributed by atoms with Crippen molar-refractivity contribution in [3.63, 3.8) is 0 Å². The fourth-order valence-electron chi connectivity index (χ4n) is 4.72. The number of carbonyl (C=O) groups excluding carboxylic acids is 1. The maximum atomic E-state index is 13.3. The minimum absolute atomic E-state index is 0.0262. The smallest absolute Gasteiger partial charge is 0.219 e. The molecule has 3 rings (SSSR count). The van der Waals surface area contributed by atoms with E-state index in [1.54, 1.807) is 0 Å². The van der Waals surface area contributed by atoms with Gasteiger partial charge in [-0.1, -0.05) is 93.8 Å². The zero-order valence-corrected chi connectivity index (χ0v) is 28.2. The number of thioether (sulfide) groups is 1. The third kappa shape index (κ3) is 9.05. The van der Waals surface area contributed by atoms with Crippen LogP contribution in [0.4, 0.5) is 0 Å². The van der Waals surface area contributed by atoms with Crippen molar-refractivity contribution in [2.45, 2.75) is 113 Å². The van der Waals surface area contributed by atoms with Gasteiger partial charge in [-0.2, -0.15) is 0 Å². The molecular formula is C36H51O2S2+. The topological polar surface area (TPSA) is 37.3 Å². The number of hydrogen-bond acceptors (Lipinski definition) is 3. The summed E-state index contributed by atoms with van der Waals surface area (Å²) in [5.41, 5.74) is 2.89. The van der Waals surface area contributed by atoms with E-state index in [2.05, 4.69) is 93.5 Å². The molecule has 2 nitrogen and oxygen atoms in total. The van der Waals surface area contributed by atoms with Crippen LogP contribution >= 0.6 is 23.1 Å². The first-order chi connectivity index (χ1) is 18.5. The van der Waals surface area contributed by atoms with Crippen molar-refractivity contribution in [2.75, 3.05) is 0 Å². The molecule has 2 heterocycles. The highest BCUT2D eigenvalue weighted by Gasteiger charge is 2.34. The first-order valence-corrected chi connectivity index (χ1v) is 16.7. The predicted octanol–water partition coefficient (Wildman–Crippen LogP) is 11.4. The number of Topliss-reactive ketones (excluding diaryl/α,β-unsaturated/α-hetero) is 1. The van der Waals surface area contributed by atoms with Crippen LogP contribution < -0.4 is 0 Å². The second-order valence-corrected chi connectivity index (χ2v) is 16.6. The largest absolute Gasteiger partial charge is 0.506 e. The molecule has 40 heavy (non-hydrogen) atoms. The molecule has 0 saturated heterocycles. The van der Waals surface area contributed by atoms with Crippen molar-refractivity contribution in [3.05, 3.63) is 78.0 Å². The Morgan fingerprint density at radius 1 is 0.875 bits per heavy atom. The summed E-state index contributed by atoms with van der Waals surface area (Å²) >= 11 is 3.74. The van der Waals surface area contributed by atoms with E-state index in [0.29, 0.717) is 23.0 Å². The van der Waals surface area contributed by atoms with E-state index in [1.807, 2.05) is 35.3 Å². The van der Waals surface area contributed by atoms with Crippen molar-refractivity contribution >= 4 is 35.0 Å². The van der Waals surface area contributed by atoms with Gasteiger partial charge >= 0.3 is 0 Å². The lowest BCUT2D eigenvalue weighted by Gasteiger charge is -2.27. The second-order valence-electron chi connectivity index (χ2n) is 14.3. The number of aliphatic hydroxyl groups excluding tert-OH is 1. The van der Waals surface area contributed by atoms with Gasteiger partial charge in [0.25, 0.3) is 0 Å². The lowest BCUT2D eigenvalue weighted by Crippen LogP contribution is -2.21. The maximum Gasteiger partial charge on any atom is 0.219 e. The summed E-state index contributed by atoms with van der Waals surface area (Å²) in [6.07, 6.45) is 15.0. The lowest BCUT2D eigenvalue weighted by atomic mass is 9.84. The highest BCUT2D eigenvalue weighted by molar-refractivity contribution is 8.06. The van der Waals surface area contributed by atoms with Crippen LogP contribution in [0.5, 0.6) is 0 Å². The van der Waals surface area contributed by atoms with Crippen molar-refractivity contribution < 1.29 is 9.90 Å². The van der Waals surface area contributed by atoms with E-state index in [0.717, 1.165) is 36.8 Å². The number of allylic oxidation sites excluding steroid dienone is 8. The first-order valence-electron chi connectivity index (χ1n) is 15.0. The van der Waals surface area contributed by atoms with E-state index in [-0.39, 0.29) is 22.4 Å². The average molecular weight is 580 g/mol. The van der Waals surface area contributed by atoms with Gasteiger partial charge in [-0.3, -0.25) is 4.79 Å².